The number of aryl methyl sites for hydroxylation is 2. The van der Waals surface area contributed by atoms with Gasteiger partial charge in [-0.2, -0.15) is 0 Å². The molecule has 0 saturated carbocycles. The normalized spacial score (nSPS) is 12.8. The quantitative estimate of drug-likeness (QED) is 0.568. The highest BCUT2D eigenvalue weighted by atomic mass is 32.1. The van der Waals surface area contributed by atoms with Gasteiger partial charge in [0.05, 0.1) is 12.2 Å². The molecule has 2 aromatic carbocycles. The van der Waals surface area contributed by atoms with E-state index in [0.717, 1.165) is 43.0 Å². The van der Waals surface area contributed by atoms with Crippen LogP contribution >= 0.6 is 11.3 Å². The highest BCUT2D eigenvalue weighted by molar-refractivity contribution is 7.15. The number of phenolic OH excluding ortho intramolecular Hbond substituents is 2. The second-order valence-electron chi connectivity index (χ2n) is 7.32. The summed E-state index contributed by atoms with van der Waals surface area (Å²) in [6, 6.07) is 13.1. The van der Waals surface area contributed by atoms with Gasteiger partial charge in [0.1, 0.15) is 17.1 Å². The maximum absolute atomic E-state index is 13.0. The molecule has 1 heterocycles. The number of amides is 1. The number of anilines is 1. The van der Waals surface area contributed by atoms with Crippen LogP contribution in [0.25, 0.3) is 0 Å². The number of aromatic nitrogens is 1. The average molecular weight is 439 g/mol. The van der Waals surface area contributed by atoms with Crippen LogP contribution in [0.4, 0.5) is 5.13 Å². The van der Waals surface area contributed by atoms with Crippen LogP contribution in [0.15, 0.2) is 48.5 Å². The fraction of sp³-hybridized carbons (Fsp3) is 0.261. The molecule has 4 rings (SSSR count). The summed E-state index contributed by atoms with van der Waals surface area (Å²) >= 11 is 1.51. The van der Waals surface area contributed by atoms with E-state index in [9.17, 15) is 19.8 Å². The number of nitrogens with zero attached hydrogens (tertiary/aromatic N) is 2. The molecule has 0 bridgehead atoms. The molecule has 0 fully saturated rings. The Morgan fingerprint density at radius 3 is 2.58 bits per heavy atom. The van der Waals surface area contributed by atoms with Gasteiger partial charge in [-0.15, -0.1) is 11.3 Å². The highest BCUT2D eigenvalue weighted by Crippen LogP contribution is 2.32. The van der Waals surface area contributed by atoms with Crippen molar-refractivity contribution in [3.63, 3.8) is 0 Å². The molecular weight excluding hydrogens is 416 g/mol. The molecule has 160 valence electrons. The molecule has 0 aliphatic heterocycles. The number of rotatable bonds is 6. The number of fused-ring (bicyclic) bond motifs is 1. The SMILES string of the molecule is O=C(OCC(=O)N(Cc1ccccc1)c1nc2c(s1)CCCC2)c1ccc(O)cc1O. The van der Waals surface area contributed by atoms with Gasteiger partial charge in [-0.1, -0.05) is 30.3 Å². The fourth-order valence-electron chi connectivity index (χ4n) is 3.46. The Bertz CT molecular complexity index is 1070. The molecule has 2 N–H and O–H groups in total. The van der Waals surface area contributed by atoms with Gasteiger partial charge in [-0.05, 0) is 43.4 Å². The molecule has 1 aliphatic carbocycles. The summed E-state index contributed by atoms with van der Waals surface area (Å²) in [5.74, 6) is -1.83. The molecule has 8 heteroatoms. The van der Waals surface area contributed by atoms with Gasteiger partial charge in [0, 0.05) is 10.9 Å². The predicted octanol–water partition coefficient (Wildman–Crippen LogP) is 3.82. The van der Waals surface area contributed by atoms with Crippen molar-refractivity contribution in [2.45, 2.75) is 32.2 Å². The summed E-state index contributed by atoms with van der Waals surface area (Å²) in [4.78, 5) is 32.8. The number of ether oxygens (including phenoxy) is 1. The topological polar surface area (TPSA) is 100.0 Å². The van der Waals surface area contributed by atoms with E-state index < -0.39 is 24.2 Å². The lowest BCUT2D eigenvalue weighted by Crippen LogP contribution is -2.34. The maximum Gasteiger partial charge on any atom is 0.342 e. The molecule has 31 heavy (non-hydrogen) atoms. The van der Waals surface area contributed by atoms with Crippen LogP contribution in [-0.4, -0.2) is 33.7 Å². The van der Waals surface area contributed by atoms with Crippen molar-refractivity contribution in [3.8, 4) is 11.5 Å². The lowest BCUT2D eigenvalue weighted by Gasteiger charge is -2.20. The zero-order chi connectivity index (χ0) is 21.8. The number of hydrogen-bond acceptors (Lipinski definition) is 7. The second kappa shape index (κ2) is 9.18. The van der Waals surface area contributed by atoms with Crippen molar-refractivity contribution >= 4 is 28.3 Å². The van der Waals surface area contributed by atoms with Crippen molar-refractivity contribution in [3.05, 3.63) is 70.2 Å². The largest absolute Gasteiger partial charge is 0.508 e. The highest BCUT2D eigenvalue weighted by Gasteiger charge is 2.25. The van der Waals surface area contributed by atoms with E-state index >= 15 is 0 Å². The summed E-state index contributed by atoms with van der Waals surface area (Å²) in [6.45, 7) is -0.176. The lowest BCUT2D eigenvalue weighted by molar-refractivity contribution is -0.121. The number of thiazole rings is 1. The first-order valence-corrected chi connectivity index (χ1v) is 10.8. The van der Waals surface area contributed by atoms with Gasteiger partial charge in [0.2, 0.25) is 0 Å². The van der Waals surface area contributed by atoms with Crippen molar-refractivity contribution in [1.29, 1.82) is 0 Å². The minimum absolute atomic E-state index is 0.120. The summed E-state index contributed by atoms with van der Waals surface area (Å²) in [5.41, 5.74) is 1.86. The van der Waals surface area contributed by atoms with E-state index in [1.165, 1.54) is 28.3 Å². The molecule has 1 amide bonds. The van der Waals surface area contributed by atoms with Crippen LogP contribution in [-0.2, 0) is 28.9 Å². The Labute approximate surface area is 183 Å². The summed E-state index contributed by atoms with van der Waals surface area (Å²) in [7, 11) is 0. The van der Waals surface area contributed by atoms with E-state index in [-0.39, 0.29) is 11.3 Å². The fourth-order valence-corrected chi connectivity index (χ4v) is 4.62. The standard InChI is InChI=1S/C23H22N2O5S/c26-16-10-11-17(19(27)12-16)22(29)30-14-21(28)25(13-15-6-2-1-3-7-15)23-24-18-8-4-5-9-20(18)31-23/h1-3,6-7,10-12,26-27H,4-5,8-9,13-14H2. The molecule has 0 spiro atoms. The number of esters is 1. The van der Waals surface area contributed by atoms with Gasteiger partial charge in [-0.25, -0.2) is 9.78 Å². The minimum atomic E-state index is -0.844. The van der Waals surface area contributed by atoms with Crippen LogP contribution in [0.1, 0.15) is 39.3 Å². The van der Waals surface area contributed by atoms with Gasteiger partial charge in [-0.3, -0.25) is 9.69 Å². The minimum Gasteiger partial charge on any atom is -0.508 e. The molecule has 1 aliphatic rings. The van der Waals surface area contributed by atoms with E-state index in [0.29, 0.717) is 11.7 Å². The molecular formula is C23H22N2O5S. The van der Waals surface area contributed by atoms with E-state index in [4.69, 9.17) is 9.72 Å². The molecule has 3 aromatic rings. The molecule has 0 unspecified atom stereocenters. The number of benzene rings is 2. The third-order valence-electron chi connectivity index (χ3n) is 5.08. The first kappa shape index (κ1) is 20.9. The smallest absolute Gasteiger partial charge is 0.342 e. The Hall–Kier alpha value is -3.39. The molecule has 1 aromatic heterocycles. The third kappa shape index (κ3) is 4.86. The van der Waals surface area contributed by atoms with Crippen molar-refractivity contribution < 1.29 is 24.5 Å². The third-order valence-corrected chi connectivity index (χ3v) is 6.26. The zero-order valence-corrected chi connectivity index (χ0v) is 17.6. The Balaban J connectivity index is 1.52. The number of carbonyl (C=O) groups excluding carboxylic acids is 2. The first-order valence-electron chi connectivity index (χ1n) is 10.0. The monoisotopic (exact) mass is 438 g/mol. The summed E-state index contributed by atoms with van der Waals surface area (Å²) in [6.07, 6.45) is 4.09. The van der Waals surface area contributed by atoms with Crippen LogP contribution in [0.5, 0.6) is 11.5 Å². The van der Waals surface area contributed by atoms with Gasteiger partial charge >= 0.3 is 5.97 Å². The van der Waals surface area contributed by atoms with E-state index in [1.54, 1.807) is 4.90 Å². The van der Waals surface area contributed by atoms with Gasteiger partial charge in [0.25, 0.3) is 5.91 Å². The first-order chi connectivity index (χ1) is 15.0. The maximum atomic E-state index is 13.0. The summed E-state index contributed by atoms with van der Waals surface area (Å²) in [5, 5.41) is 19.8. The van der Waals surface area contributed by atoms with Crippen molar-refractivity contribution in [2.24, 2.45) is 0 Å². The van der Waals surface area contributed by atoms with E-state index in [2.05, 4.69) is 0 Å². The predicted molar refractivity (Wildman–Crippen MR) is 116 cm³/mol. The van der Waals surface area contributed by atoms with Crippen molar-refractivity contribution in [2.75, 3.05) is 11.5 Å². The summed E-state index contributed by atoms with van der Waals surface area (Å²) < 4.78 is 5.16. The zero-order valence-electron chi connectivity index (χ0n) is 16.8. The van der Waals surface area contributed by atoms with E-state index in [1.807, 2.05) is 30.3 Å². The number of carbonyl (C=O) groups is 2. The van der Waals surface area contributed by atoms with Gasteiger partial charge < -0.3 is 14.9 Å². The Morgan fingerprint density at radius 1 is 1.06 bits per heavy atom. The van der Waals surface area contributed by atoms with Crippen molar-refractivity contribution in [1.82, 2.24) is 4.98 Å². The second-order valence-corrected chi connectivity index (χ2v) is 8.38. The van der Waals surface area contributed by atoms with Crippen LogP contribution in [0, 0.1) is 0 Å². The lowest BCUT2D eigenvalue weighted by atomic mass is 10.0. The van der Waals surface area contributed by atoms with Crippen LogP contribution in [0.2, 0.25) is 0 Å². The number of aromatic hydroxyl groups is 2. The molecule has 0 radical (unpaired) electrons. The molecule has 0 atom stereocenters. The Morgan fingerprint density at radius 2 is 1.84 bits per heavy atom. The number of hydrogen-bond donors (Lipinski definition) is 2. The molecule has 7 nitrogen and oxygen atoms in total. The van der Waals surface area contributed by atoms with Crippen LogP contribution < -0.4 is 4.90 Å². The number of phenols is 2. The van der Waals surface area contributed by atoms with Crippen LogP contribution in [0.3, 0.4) is 0 Å². The average Bonchev–Trinajstić information content (AvgIpc) is 3.20. The van der Waals surface area contributed by atoms with Gasteiger partial charge in [0.15, 0.2) is 11.7 Å². The Kier molecular flexibility index (Phi) is 6.18. The molecule has 0 saturated heterocycles.